The molecule has 4 aromatic rings. The number of hydrogen-bond donors (Lipinski definition) is 0. The minimum atomic E-state index is -0.905. The number of aryl methyl sites for hydroxylation is 1. The molecule has 29 heavy (non-hydrogen) atoms. The highest BCUT2D eigenvalue weighted by Gasteiger charge is 2.27. The number of ether oxygens (including phenoxy) is 2. The summed E-state index contributed by atoms with van der Waals surface area (Å²) < 4.78 is 11.2. The van der Waals surface area contributed by atoms with E-state index in [9.17, 15) is 4.79 Å². The summed E-state index contributed by atoms with van der Waals surface area (Å²) in [7, 11) is 1.37. The number of benzene rings is 3. The van der Waals surface area contributed by atoms with Crippen LogP contribution < -0.4 is 4.74 Å². The van der Waals surface area contributed by atoms with Gasteiger partial charge in [0.15, 0.2) is 0 Å². The zero-order valence-corrected chi connectivity index (χ0v) is 16.3. The van der Waals surface area contributed by atoms with Gasteiger partial charge in [-0.1, -0.05) is 66.2 Å². The second-order valence-corrected chi connectivity index (χ2v) is 6.81. The van der Waals surface area contributed by atoms with Crippen LogP contribution in [0.1, 0.15) is 17.2 Å². The number of methoxy groups -OCH3 is 1. The molecule has 0 saturated heterocycles. The number of para-hydroxylation sites is 1. The first-order chi connectivity index (χ1) is 14.2. The smallest absolute Gasteiger partial charge is 0.351 e. The molecular formula is C25H21NO3. The molecule has 4 rings (SSSR count). The van der Waals surface area contributed by atoms with E-state index in [1.54, 1.807) is 0 Å². The number of aromatic nitrogens is 1. The van der Waals surface area contributed by atoms with Crippen LogP contribution in [-0.4, -0.2) is 18.1 Å². The summed E-state index contributed by atoms with van der Waals surface area (Å²) in [5.41, 5.74) is 4.39. The van der Waals surface area contributed by atoms with Crippen molar-refractivity contribution < 1.29 is 14.3 Å². The van der Waals surface area contributed by atoms with Gasteiger partial charge in [0.05, 0.1) is 18.3 Å². The normalized spacial score (nSPS) is 11.8. The molecule has 0 aliphatic rings. The van der Waals surface area contributed by atoms with Crippen LogP contribution in [0.25, 0.3) is 22.2 Å². The number of esters is 1. The molecule has 1 unspecified atom stereocenters. The van der Waals surface area contributed by atoms with Crippen molar-refractivity contribution >= 4 is 16.9 Å². The van der Waals surface area contributed by atoms with Gasteiger partial charge in [0.2, 0.25) is 6.10 Å². The summed E-state index contributed by atoms with van der Waals surface area (Å²) >= 11 is 0. The molecule has 0 fully saturated rings. The molecule has 0 amide bonds. The van der Waals surface area contributed by atoms with E-state index >= 15 is 0 Å². The highest BCUT2D eigenvalue weighted by molar-refractivity contribution is 5.90. The molecule has 4 nitrogen and oxygen atoms in total. The minimum Gasteiger partial charge on any atom is -0.474 e. The Hall–Kier alpha value is -3.66. The van der Waals surface area contributed by atoms with Crippen LogP contribution in [-0.2, 0) is 9.53 Å². The van der Waals surface area contributed by atoms with Crippen molar-refractivity contribution in [1.82, 2.24) is 4.98 Å². The van der Waals surface area contributed by atoms with Crippen molar-refractivity contribution in [2.45, 2.75) is 13.0 Å². The van der Waals surface area contributed by atoms with E-state index < -0.39 is 12.1 Å². The van der Waals surface area contributed by atoms with Crippen LogP contribution in [0.5, 0.6) is 5.75 Å². The van der Waals surface area contributed by atoms with Crippen LogP contribution in [0.15, 0.2) is 84.9 Å². The Kier molecular flexibility index (Phi) is 5.25. The topological polar surface area (TPSA) is 48.4 Å². The number of carbonyl (C=O) groups excluding carboxylic acids is 1. The number of nitrogens with zero attached hydrogens (tertiary/aromatic N) is 1. The number of rotatable bonds is 5. The van der Waals surface area contributed by atoms with Gasteiger partial charge in [0.25, 0.3) is 0 Å². The summed E-state index contributed by atoms with van der Waals surface area (Å²) in [5.74, 6) is 0.147. The van der Waals surface area contributed by atoms with Crippen LogP contribution in [0.3, 0.4) is 0 Å². The molecular weight excluding hydrogens is 362 g/mol. The van der Waals surface area contributed by atoms with Crippen LogP contribution >= 0.6 is 0 Å². The van der Waals surface area contributed by atoms with Gasteiger partial charge in [-0.3, -0.25) is 0 Å². The Labute approximate surface area is 169 Å². The fourth-order valence-corrected chi connectivity index (χ4v) is 3.27. The lowest BCUT2D eigenvalue weighted by Gasteiger charge is -2.20. The molecule has 0 saturated carbocycles. The maximum Gasteiger partial charge on any atom is 0.351 e. The van der Waals surface area contributed by atoms with Gasteiger partial charge in [-0.15, -0.1) is 0 Å². The van der Waals surface area contributed by atoms with Gasteiger partial charge in [-0.05, 0) is 31.2 Å². The highest BCUT2D eigenvalue weighted by atomic mass is 16.6. The molecule has 0 N–H and O–H groups in total. The van der Waals surface area contributed by atoms with E-state index in [2.05, 4.69) is 0 Å². The minimum absolute atomic E-state index is 0.457. The molecule has 3 aromatic carbocycles. The highest BCUT2D eigenvalue weighted by Crippen LogP contribution is 2.32. The van der Waals surface area contributed by atoms with Crippen LogP contribution in [0.4, 0.5) is 0 Å². The third kappa shape index (κ3) is 3.97. The van der Waals surface area contributed by atoms with Gasteiger partial charge >= 0.3 is 5.97 Å². The zero-order valence-electron chi connectivity index (χ0n) is 16.3. The van der Waals surface area contributed by atoms with Crippen LogP contribution in [0.2, 0.25) is 0 Å². The van der Waals surface area contributed by atoms with Crippen molar-refractivity contribution in [2.75, 3.05) is 7.11 Å². The fourth-order valence-electron chi connectivity index (χ4n) is 3.27. The molecule has 0 aliphatic carbocycles. The summed E-state index contributed by atoms with van der Waals surface area (Å²) in [6.07, 6.45) is -0.905. The van der Waals surface area contributed by atoms with E-state index in [1.807, 2.05) is 91.9 Å². The number of hydrogen-bond acceptors (Lipinski definition) is 4. The SMILES string of the molecule is COC(=O)C(Oc1ccc(C)cc1)c1cc(-c2ccccc2)nc2ccccc12. The molecule has 144 valence electrons. The van der Waals surface area contributed by atoms with Crippen molar-refractivity contribution in [3.63, 3.8) is 0 Å². The predicted octanol–water partition coefficient (Wildman–Crippen LogP) is 5.50. The first kappa shape index (κ1) is 18.7. The van der Waals surface area contributed by atoms with Gasteiger partial charge in [0, 0.05) is 16.5 Å². The third-order valence-electron chi connectivity index (χ3n) is 4.79. The molecule has 1 heterocycles. The van der Waals surface area contributed by atoms with Gasteiger partial charge in [0.1, 0.15) is 5.75 Å². The summed E-state index contributed by atoms with van der Waals surface area (Å²) in [6, 6.07) is 27.1. The first-order valence-corrected chi connectivity index (χ1v) is 9.42. The van der Waals surface area contributed by atoms with Crippen molar-refractivity contribution in [3.05, 3.63) is 96.1 Å². The lowest BCUT2D eigenvalue weighted by Crippen LogP contribution is -2.21. The maximum absolute atomic E-state index is 12.7. The van der Waals surface area contributed by atoms with Crippen molar-refractivity contribution in [2.24, 2.45) is 0 Å². The molecule has 1 aromatic heterocycles. The second kappa shape index (κ2) is 8.15. The number of carbonyl (C=O) groups is 1. The largest absolute Gasteiger partial charge is 0.474 e. The van der Waals surface area contributed by atoms with Crippen molar-refractivity contribution in [3.8, 4) is 17.0 Å². The number of pyridine rings is 1. The van der Waals surface area contributed by atoms with Crippen molar-refractivity contribution in [1.29, 1.82) is 0 Å². The van der Waals surface area contributed by atoms with E-state index in [0.717, 1.165) is 33.3 Å². The molecule has 0 radical (unpaired) electrons. The maximum atomic E-state index is 12.7. The van der Waals surface area contributed by atoms with Gasteiger partial charge < -0.3 is 9.47 Å². The predicted molar refractivity (Wildman–Crippen MR) is 114 cm³/mol. The second-order valence-electron chi connectivity index (χ2n) is 6.81. The molecule has 4 heteroatoms. The van der Waals surface area contributed by atoms with E-state index in [0.29, 0.717) is 5.75 Å². The first-order valence-electron chi connectivity index (χ1n) is 9.42. The quantitative estimate of drug-likeness (QED) is 0.427. The Bertz CT molecular complexity index is 1140. The summed E-state index contributed by atoms with van der Waals surface area (Å²) in [5, 5.41) is 0.856. The molecule has 0 aliphatic heterocycles. The average molecular weight is 383 g/mol. The zero-order chi connectivity index (χ0) is 20.2. The molecule has 0 bridgehead atoms. The standard InChI is InChI=1S/C25H21NO3/c1-17-12-14-19(15-13-17)29-24(25(27)28-2)21-16-23(18-8-4-3-5-9-18)26-22-11-7-6-10-20(21)22/h3-16,24H,1-2H3. The lowest BCUT2D eigenvalue weighted by atomic mass is 10.00. The number of fused-ring (bicyclic) bond motifs is 1. The van der Waals surface area contributed by atoms with E-state index in [4.69, 9.17) is 14.5 Å². The summed E-state index contributed by atoms with van der Waals surface area (Å²) in [6.45, 7) is 2.00. The summed E-state index contributed by atoms with van der Waals surface area (Å²) in [4.78, 5) is 17.5. The Morgan fingerprint density at radius 3 is 2.31 bits per heavy atom. The van der Waals surface area contributed by atoms with Gasteiger partial charge in [-0.25, -0.2) is 9.78 Å². The Morgan fingerprint density at radius 2 is 1.59 bits per heavy atom. The Morgan fingerprint density at radius 1 is 0.897 bits per heavy atom. The van der Waals surface area contributed by atoms with E-state index in [-0.39, 0.29) is 0 Å². The Balaban J connectivity index is 1.87. The molecule has 0 spiro atoms. The van der Waals surface area contributed by atoms with E-state index in [1.165, 1.54) is 7.11 Å². The molecule has 1 atom stereocenters. The monoisotopic (exact) mass is 383 g/mol. The van der Waals surface area contributed by atoms with Crippen LogP contribution in [0, 0.1) is 6.92 Å². The average Bonchev–Trinajstić information content (AvgIpc) is 2.78. The third-order valence-corrected chi connectivity index (χ3v) is 4.79. The lowest BCUT2D eigenvalue weighted by molar-refractivity contribution is -0.149. The fraction of sp³-hybridized carbons (Fsp3) is 0.120. The van der Waals surface area contributed by atoms with Gasteiger partial charge in [-0.2, -0.15) is 0 Å².